The Labute approximate surface area is 133 Å². The maximum absolute atomic E-state index is 11.8. The summed E-state index contributed by atoms with van der Waals surface area (Å²) < 4.78 is 0. The number of carbonyl (C=O) groups excluding carboxylic acids is 1. The van der Waals surface area contributed by atoms with Crippen molar-refractivity contribution in [1.82, 2.24) is 5.32 Å². The molecule has 1 aromatic carbocycles. The summed E-state index contributed by atoms with van der Waals surface area (Å²) in [7, 11) is 0. The second-order valence-corrected chi connectivity index (χ2v) is 5.60. The number of urea groups is 1. The zero-order valence-electron chi connectivity index (χ0n) is 11.9. The van der Waals surface area contributed by atoms with Crippen LogP contribution in [0.4, 0.5) is 10.5 Å². The van der Waals surface area contributed by atoms with Crippen LogP contribution in [0, 0.1) is 12.8 Å². The molecular weight excluding hydrogens is 315 g/mol. The van der Waals surface area contributed by atoms with Crippen LogP contribution in [0.5, 0.6) is 0 Å². The number of aliphatic carboxylic acids is 1. The molecule has 1 rings (SSSR count). The Kier molecular flexibility index (Phi) is 6.78. The second-order valence-electron chi connectivity index (χ2n) is 4.79. The summed E-state index contributed by atoms with van der Waals surface area (Å²) in [6.07, 6.45) is 0.692. The lowest BCUT2D eigenvalue weighted by molar-refractivity contribution is -0.138. The van der Waals surface area contributed by atoms with Crippen LogP contribution < -0.4 is 10.6 Å². The predicted molar refractivity (Wildman–Crippen MR) is 84.3 cm³/mol. The molecule has 21 heavy (non-hydrogen) atoms. The van der Waals surface area contributed by atoms with Crippen LogP contribution in [0.1, 0.15) is 25.3 Å². The Morgan fingerprint density at radius 2 is 1.95 bits per heavy atom. The molecule has 0 fully saturated rings. The van der Waals surface area contributed by atoms with Gasteiger partial charge in [-0.1, -0.05) is 36.5 Å². The average molecular weight is 333 g/mol. The molecule has 0 aliphatic rings. The fourth-order valence-electron chi connectivity index (χ4n) is 1.75. The molecule has 1 atom stereocenters. The molecule has 116 valence electrons. The standard InChI is InChI=1S/C14H18Cl2N2O3/c1-3-9(5-13(19)20)7-17-14(21)18-12-6-10(15)8(2)4-11(12)16/h4,6,9H,3,5,7H2,1-2H3,(H,19,20)(H2,17,18,21). The molecule has 0 radical (unpaired) electrons. The lowest BCUT2D eigenvalue weighted by Crippen LogP contribution is -2.33. The molecule has 0 spiro atoms. The van der Waals surface area contributed by atoms with E-state index >= 15 is 0 Å². The number of hydrogen-bond acceptors (Lipinski definition) is 2. The molecule has 2 amide bonds. The molecule has 3 N–H and O–H groups in total. The monoisotopic (exact) mass is 332 g/mol. The number of carbonyl (C=O) groups is 2. The Bertz CT molecular complexity index is 535. The third-order valence-corrected chi connectivity index (χ3v) is 3.81. The first-order valence-corrected chi connectivity index (χ1v) is 7.31. The molecule has 1 aromatic rings. The molecule has 0 saturated carbocycles. The minimum atomic E-state index is -0.877. The summed E-state index contributed by atoms with van der Waals surface area (Å²) in [6, 6.07) is 2.80. The van der Waals surface area contributed by atoms with Crippen LogP contribution in [0.25, 0.3) is 0 Å². The van der Waals surface area contributed by atoms with Gasteiger partial charge in [0.2, 0.25) is 0 Å². The van der Waals surface area contributed by atoms with E-state index in [9.17, 15) is 9.59 Å². The van der Waals surface area contributed by atoms with Gasteiger partial charge in [0.25, 0.3) is 0 Å². The quantitative estimate of drug-likeness (QED) is 0.738. The molecule has 0 aliphatic heterocycles. The number of amides is 2. The van der Waals surface area contributed by atoms with Crippen molar-refractivity contribution >= 4 is 40.9 Å². The van der Waals surface area contributed by atoms with E-state index in [1.807, 2.05) is 13.8 Å². The van der Waals surface area contributed by atoms with Crippen LogP contribution in [0.3, 0.4) is 0 Å². The zero-order valence-corrected chi connectivity index (χ0v) is 13.4. The second kappa shape index (κ2) is 8.10. The van der Waals surface area contributed by atoms with Crippen molar-refractivity contribution in [1.29, 1.82) is 0 Å². The number of benzene rings is 1. The number of carboxylic acid groups (broad SMARTS) is 1. The summed E-state index contributed by atoms with van der Waals surface area (Å²) >= 11 is 12.0. The van der Waals surface area contributed by atoms with Gasteiger partial charge in [0.05, 0.1) is 10.7 Å². The minimum Gasteiger partial charge on any atom is -0.481 e. The predicted octanol–water partition coefficient (Wildman–Crippen LogP) is 3.92. The largest absolute Gasteiger partial charge is 0.481 e. The van der Waals surface area contributed by atoms with Crippen LogP contribution in [0.15, 0.2) is 12.1 Å². The third kappa shape index (κ3) is 5.81. The summed E-state index contributed by atoms with van der Waals surface area (Å²) in [6.45, 7) is 3.98. The van der Waals surface area contributed by atoms with Crippen molar-refractivity contribution in [2.75, 3.05) is 11.9 Å². The fourth-order valence-corrected chi connectivity index (χ4v) is 2.18. The van der Waals surface area contributed by atoms with Crippen LogP contribution in [-0.2, 0) is 4.79 Å². The number of carboxylic acids is 1. The number of aryl methyl sites for hydroxylation is 1. The van der Waals surface area contributed by atoms with E-state index in [4.69, 9.17) is 28.3 Å². The Hall–Kier alpha value is -1.46. The molecule has 7 heteroatoms. The molecule has 0 bridgehead atoms. The smallest absolute Gasteiger partial charge is 0.319 e. The number of nitrogens with one attached hydrogen (secondary N) is 2. The average Bonchev–Trinajstić information content (AvgIpc) is 2.40. The highest BCUT2D eigenvalue weighted by atomic mass is 35.5. The number of hydrogen-bond donors (Lipinski definition) is 3. The van der Waals surface area contributed by atoms with Gasteiger partial charge in [0.15, 0.2) is 0 Å². The van der Waals surface area contributed by atoms with Gasteiger partial charge in [-0.05, 0) is 30.5 Å². The van der Waals surface area contributed by atoms with Crippen molar-refractivity contribution in [2.45, 2.75) is 26.7 Å². The number of halogens is 2. The maximum Gasteiger partial charge on any atom is 0.319 e. The molecule has 0 aliphatic carbocycles. The molecule has 0 aromatic heterocycles. The van der Waals surface area contributed by atoms with Crippen molar-refractivity contribution in [2.24, 2.45) is 5.92 Å². The van der Waals surface area contributed by atoms with Gasteiger partial charge in [0, 0.05) is 18.0 Å². The Balaban J connectivity index is 2.58. The van der Waals surface area contributed by atoms with Crippen molar-refractivity contribution < 1.29 is 14.7 Å². The van der Waals surface area contributed by atoms with Crippen LogP contribution >= 0.6 is 23.2 Å². The Morgan fingerprint density at radius 1 is 1.29 bits per heavy atom. The number of anilines is 1. The molecule has 0 saturated heterocycles. The van der Waals surface area contributed by atoms with Gasteiger partial charge in [0.1, 0.15) is 0 Å². The molecular formula is C14H18Cl2N2O3. The normalized spacial score (nSPS) is 11.8. The van der Waals surface area contributed by atoms with Crippen molar-refractivity contribution in [3.63, 3.8) is 0 Å². The van der Waals surface area contributed by atoms with E-state index in [2.05, 4.69) is 10.6 Å². The topological polar surface area (TPSA) is 78.4 Å². The summed E-state index contributed by atoms with van der Waals surface area (Å²) in [5.74, 6) is -0.984. The lowest BCUT2D eigenvalue weighted by atomic mass is 10.0. The first-order valence-electron chi connectivity index (χ1n) is 6.55. The summed E-state index contributed by atoms with van der Waals surface area (Å²) in [5.41, 5.74) is 1.23. The van der Waals surface area contributed by atoms with Gasteiger partial charge in [-0.3, -0.25) is 4.79 Å². The SMILES string of the molecule is CCC(CNC(=O)Nc1cc(Cl)c(C)cc1Cl)CC(=O)O. The first-order chi connectivity index (χ1) is 9.83. The van der Waals surface area contributed by atoms with E-state index in [1.54, 1.807) is 12.1 Å². The molecule has 5 nitrogen and oxygen atoms in total. The van der Waals surface area contributed by atoms with Gasteiger partial charge < -0.3 is 15.7 Å². The van der Waals surface area contributed by atoms with E-state index in [0.717, 1.165) is 5.56 Å². The maximum atomic E-state index is 11.8. The van der Waals surface area contributed by atoms with E-state index in [1.165, 1.54) is 0 Å². The van der Waals surface area contributed by atoms with E-state index in [-0.39, 0.29) is 18.9 Å². The van der Waals surface area contributed by atoms with Gasteiger partial charge >= 0.3 is 12.0 Å². The highest BCUT2D eigenvalue weighted by Crippen LogP contribution is 2.28. The lowest BCUT2D eigenvalue weighted by Gasteiger charge is -2.15. The van der Waals surface area contributed by atoms with Crippen molar-refractivity contribution in [3.8, 4) is 0 Å². The highest BCUT2D eigenvalue weighted by molar-refractivity contribution is 6.36. The van der Waals surface area contributed by atoms with Gasteiger partial charge in [-0.2, -0.15) is 0 Å². The summed E-state index contributed by atoms with van der Waals surface area (Å²) in [4.78, 5) is 22.5. The molecule has 0 heterocycles. The first kappa shape index (κ1) is 17.6. The fraction of sp³-hybridized carbons (Fsp3) is 0.429. The van der Waals surface area contributed by atoms with E-state index in [0.29, 0.717) is 22.2 Å². The number of rotatable bonds is 6. The Morgan fingerprint density at radius 3 is 2.52 bits per heavy atom. The minimum absolute atomic E-state index is 0.0217. The zero-order chi connectivity index (χ0) is 16.0. The highest BCUT2D eigenvalue weighted by Gasteiger charge is 2.13. The third-order valence-electron chi connectivity index (χ3n) is 3.09. The molecule has 1 unspecified atom stereocenters. The van der Waals surface area contributed by atoms with E-state index < -0.39 is 12.0 Å². The van der Waals surface area contributed by atoms with Gasteiger partial charge in [-0.15, -0.1) is 0 Å². The van der Waals surface area contributed by atoms with Crippen LogP contribution in [0.2, 0.25) is 10.0 Å². The van der Waals surface area contributed by atoms with Crippen LogP contribution in [-0.4, -0.2) is 23.7 Å². The van der Waals surface area contributed by atoms with Gasteiger partial charge in [-0.25, -0.2) is 4.79 Å². The summed E-state index contributed by atoms with van der Waals surface area (Å²) in [5, 5.41) is 14.9. The van der Waals surface area contributed by atoms with Crippen molar-refractivity contribution in [3.05, 3.63) is 27.7 Å².